The van der Waals surface area contributed by atoms with Crippen molar-refractivity contribution in [1.29, 1.82) is 0 Å². The largest absolute Gasteiger partial charge is 0.341 e. The molecule has 0 aliphatic carbocycles. The lowest BCUT2D eigenvalue weighted by Gasteiger charge is -2.36. The highest BCUT2D eigenvalue weighted by atomic mass is 16.5. The number of likely N-dealkylation sites (tertiary alicyclic amines) is 1. The second kappa shape index (κ2) is 11.0. The van der Waals surface area contributed by atoms with E-state index in [4.69, 9.17) is 5.21 Å². The van der Waals surface area contributed by atoms with Crippen LogP contribution < -0.4 is 5.48 Å². The van der Waals surface area contributed by atoms with E-state index in [0.29, 0.717) is 12.3 Å². The number of benzene rings is 1. The van der Waals surface area contributed by atoms with Crippen LogP contribution in [0.1, 0.15) is 44.1 Å². The van der Waals surface area contributed by atoms with Gasteiger partial charge in [-0.15, -0.1) is 0 Å². The van der Waals surface area contributed by atoms with Gasteiger partial charge in [-0.2, -0.15) is 0 Å². The molecule has 2 rings (SSSR count). The minimum absolute atomic E-state index is 0.0880. The van der Waals surface area contributed by atoms with Crippen LogP contribution in [0.25, 0.3) is 0 Å². The van der Waals surface area contributed by atoms with E-state index in [2.05, 4.69) is 12.1 Å². The Balaban J connectivity index is 1.78. The Morgan fingerprint density at radius 2 is 1.89 bits per heavy atom. The van der Waals surface area contributed by atoms with E-state index in [9.17, 15) is 9.59 Å². The zero-order valence-electron chi connectivity index (χ0n) is 16.6. The molecule has 1 aromatic carbocycles. The number of hydroxylamine groups is 1. The lowest BCUT2D eigenvalue weighted by molar-refractivity contribution is -0.137. The molecule has 2 amide bonds. The smallest absolute Gasteiger partial charge is 0.243 e. The monoisotopic (exact) mass is 375 g/mol. The summed E-state index contributed by atoms with van der Waals surface area (Å²) in [6.07, 6.45) is 5.82. The topological polar surface area (TPSA) is 72.9 Å². The van der Waals surface area contributed by atoms with Gasteiger partial charge in [-0.05, 0) is 64.1 Å². The second-order valence-corrected chi connectivity index (χ2v) is 7.70. The number of carbonyl (C=O) groups is 2. The van der Waals surface area contributed by atoms with E-state index in [1.54, 1.807) is 5.48 Å². The zero-order valence-corrected chi connectivity index (χ0v) is 16.6. The van der Waals surface area contributed by atoms with Crippen LogP contribution in [0.2, 0.25) is 0 Å². The Morgan fingerprint density at radius 3 is 2.48 bits per heavy atom. The van der Waals surface area contributed by atoms with Gasteiger partial charge in [0.05, 0.1) is 6.04 Å². The Morgan fingerprint density at radius 1 is 1.22 bits per heavy atom. The third kappa shape index (κ3) is 6.96. The van der Waals surface area contributed by atoms with Gasteiger partial charge in [0.15, 0.2) is 0 Å². The van der Waals surface area contributed by atoms with Crippen molar-refractivity contribution in [1.82, 2.24) is 15.3 Å². The predicted octanol–water partition coefficient (Wildman–Crippen LogP) is 2.46. The van der Waals surface area contributed by atoms with Crippen LogP contribution in [0.4, 0.5) is 0 Å². The van der Waals surface area contributed by atoms with Crippen LogP contribution >= 0.6 is 0 Å². The molecule has 1 saturated heterocycles. The van der Waals surface area contributed by atoms with Gasteiger partial charge in [0.25, 0.3) is 0 Å². The van der Waals surface area contributed by atoms with Crippen molar-refractivity contribution in [2.75, 3.05) is 27.2 Å². The number of nitrogens with one attached hydrogen (secondary N) is 1. The molecule has 27 heavy (non-hydrogen) atoms. The molecule has 0 saturated carbocycles. The Bertz CT molecular complexity index is 584. The van der Waals surface area contributed by atoms with E-state index < -0.39 is 0 Å². The summed E-state index contributed by atoms with van der Waals surface area (Å²) in [5, 5.41) is 8.53. The minimum Gasteiger partial charge on any atom is -0.341 e. The van der Waals surface area contributed by atoms with Gasteiger partial charge in [0.1, 0.15) is 0 Å². The van der Waals surface area contributed by atoms with Gasteiger partial charge in [0.2, 0.25) is 11.8 Å². The molecule has 1 unspecified atom stereocenters. The molecule has 6 heteroatoms. The van der Waals surface area contributed by atoms with Gasteiger partial charge in [-0.25, -0.2) is 5.48 Å². The molecule has 1 aliphatic heterocycles. The molecule has 0 bridgehead atoms. The normalized spacial score (nSPS) is 16.4. The summed E-state index contributed by atoms with van der Waals surface area (Å²) < 4.78 is 0. The third-order valence-electron chi connectivity index (χ3n) is 5.52. The lowest BCUT2D eigenvalue weighted by atomic mass is 9.91. The number of rotatable bonds is 9. The highest BCUT2D eigenvalue weighted by Gasteiger charge is 2.29. The maximum Gasteiger partial charge on any atom is 0.243 e. The minimum atomic E-state index is -0.324. The van der Waals surface area contributed by atoms with Crippen molar-refractivity contribution < 1.29 is 14.8 Å². The van der Waals surface area contributed by atoms with E-state index >= 15 is 0 Å². The fourth-order valence-corrected chi connectivity index (χ4v) is 3.81. The SMILES string of the molecule is CN(C)C(CCc1ccccc1)C(=O)N1CCC(CCCC(=O)NO)CC1. The summed E-state index contributed by atoms with van der Waals surface area (Å²) in [5.74, 6) is 0.464. The summed E-state index contributed by atoms with van der Waals surface area (Å²) in [5.41, 5.74) is 2.94. The number of amides is 2. The summed E-state index contributed by atoms with van der Waals surface area (Å²) in [4.78, 5) is 28.1. The first-order valence-corrected chi connectivity index (χ1v) is 9.93. The van der Waals surface area contributed by atoms with Gasteiger partial charge in [-0.3, -0.25) is 19.7 Å². The zero-order chi connectivity index (χ0) is 19.6. The van der Waals surface area contributed by atoms with E-state index in [1.165, 1.54) is 5.56 Å². The van der Waals surface area contributed by atoms with Gasteiger partial charge >= 0.3 is 0 Å². The van der Waals surface area contributed by atoms with Crippen molar-refractivity contribution in [3.8, 4) is 0 Å². The standard InChI is InChI=1S/C21H33N3O3/c1-23(2)19(12-11-17-7-4-3-5-8-17)21(26)24-15-13-18(14-16-24)9-6-10-20(25)22-27/h3-5,7-8,18-19,27H,6,9-16H2,1-2H3,(H,22,25). The second-order valence-electron chi connectivity index (χ2n) is 7.70. The summed E-state index contributed by atoms with van der Waals surface area (Å²) in [6.45, 7) is 1.59. The fraction of sp³-hybridized carbons (Fsp3) is 0.619. The first-order valence-electron chi connectivity index (χ1n) is 9.93. The van der Waals surface area contributed by atoms with Crippen LogP contribution in [-0.4, -0.2) is 60.0 Å². The molecule has 1 atom stereocenters. The molecule has 150 valence electrons. The van der Waals surface area contributed by atoms with Crippen LogP contribution in [-0.2, 0) is 16.0 Å². The highest BCUT2D eigenvalue weighted by molar-refractivity contribution is 5.82. The van der Waals surface area contributed by atoms with E-state index in [0.717, 1.165) is 51.6 Å². The maximum atomic E-state index is 13.0. The quantitative estimate of drug-likeness (QED) is 0.514. The van der Waals surface area contributed by atoms with Gasteiger partial charge in [-0.1, -0.05) is 30.3 Å². The number of hydrogen-bond donors (Lipinski definition) is 2. The number of likely N-dealkylation sites (N-methyl/N-ethyl adjacent to an activating group) is 1. The fourth-order valence-electron chi connectivity index (χ4n) is 3.81. The van der Waals surface area contributed by atoms with Crippen molar-refractivity contribution in [3.63, 3.8) is 0 Å². The number of carbonyl (C=O) groups excluding carboxylic acids is 2. The lowest BCUT2D eigenvalue weighted by Crippen LogP contribution is -2.49. The average Bonchev–Trinajstić information content (AvgIpc) is 2.69. The molecule has 6 nitrogen and oxygen atoms in total. The first-order chi connectivity index (χ1) is 13.0. The van der Waals surface area contributed by atoms with E-state index in [-0.39, 0.29) is 17.9 Å². The van der Waals surface area contributed by atoms with Crippen molar-refractivity contribution in [2.24, 2.45) is 5.92 Å². The average molecular weight is 376 g/mol. The molecule has 2 N–H and O–H groups in total. The molecule has 1 fully saturated rings. The van der Waals surface area contributed by atoms with Crippen molar-refractivity contribution >= 4 is 11.8 Å². The maximum absolute atomic E-state index is 13.0. The van der Waals surface area contributed by atoms with Crippen LogP contribution in [0, 0.1) is 5.92 Å². The third-order valence-corrected chi connectivity index (χ3v) is 5.52. The Labute approximate surface area is 162 Å². The number of hydrogen-bond acceptors (Lipinski definition) is 4. The molecule has 1 aliphatic rings. The highest BCUT2D eigenvalue weighted by Crippen LogP contribution is 2.24. The number of piperidine rings is 1. The molecule has 1 aromatic rings. The molecule has 0 spiro atoms. The molecule has 1 heterocycles. The molecular formula is C21H33N3O3. The summed E-state index contributed by atoms with van der Waals surface area (Å²) >= 11 is 0. The summed E-state index contributed by atoms with van der Waals surface area (Å²) in [7, 11) is 3.96. The van der Waals surface area contributed by atoms with E-state index in [1.807, 2.05) is 42.1 Å². The van der Waals surface area contributed by atoms with Gasteiger partial charge < -0.3 is 4.90 Å². The van der Waals surface area contributed by atoms with Crippen LogP contribution in [0.5, 0.6) is 0 Å². The van der Waals surface area contributed by atoms with Crippen molar-refractivity contribution in [3.05, 3.63) is 35.9 Å². The van der Waals surface area contributed by atoms with Gasteiger partial charge in [0, 0.05) is 19.5 Å². The van der Waals surface area contributed by atoms with Crippen molar-refractivity contribution in [2.45, 2.75) is 51.0 Å². The molecule has 0 radical (unpaired) electrons. The Kier molecular flexibility index (Phi) is 8.75. The predicted molar refractivity (Wildman–Crippen MR) is 105 cm³/mol. The molecular weight excluding hydrogens is 342 g/mol. The summed E-state index contributed by atoms with van der Waals surface area (Å²) in [6, 6.07) is 10.2. The van der Waals surface area contributed by atoms with Crippen LogP contribution in [0.3, 0.4) is 0 Å². The first kappa shape index (κ1) is 21.4. The number of nitrogens with zero attached hydrogens (tertiary/aromatic N) is 2. The molecule has 0 aromatic heterocycles. The Hall–Kier alpha value is -1.92. The van der Waals surface area contributed by atoms with Crippen LogP contribution in [0.15, 0.2) is 30.3 Å². The number of aryl methyl sites for hydroxylation is 1.